The predicted molar refractivity (Wildman–Crippen MR) is 111 cm³/mol. The molecule has 0 spiro atoms. The van der Waals surface area contributed by atoms with Crippen LogP contribution in [-0.2, 0) is 4.57 Å². The highest BCUT2D eigenvalue weighted by molar-refractivity contribution is 7.57. The second kappa shape index (κ2) is 9.51. The summed E-state index contributed by atoms with van der Waals surface area (Å²) in [7, 11) is 0.423. The molecule has 2 aliphatic rings. The maximum atomic E-state index is 14.3. The number of rotatable bonds is 6. The fraction of sp³-hybridized carbons (Fsp3) is 0.667. The monoisotopic (exact) mass is 409 g/mol. The molecule has 5 nitrogen and oxygen atoms in total. The van der Waals surface area contributed by atoms with Crippen molar-refractivity contribution in [2.75, 3.05) is 14.1 Å². The van der Waals surface area contributed by atoms with E-state index >= 15 is 0 Å². The van der Waals surface area contributed by atoms with E-state index in [0.717, 1.165) is 51.4 Å². The van der Waals surface area contributed by atoms with Crippen molar-refractivity contribution in [3.8, 4) is 0 Å². The third-order valence-electron chi connectivity index (χ3n) is 6.40. The first kappa shape index (κ1) is 21.5. The van der Waals surface area contributed by atoms with E-state index in [0.29, 0.717) is 0 Å². The normalized spacial score (nSPS) is 19.9. The van der Waals surface area contributed by atoms with Gasteiger partial charge in [0.15, 0.2) is 0 Å². The maximum Gasteiger partial charge on any atom is 0.311 e. The molecule has 0 bridgehead atoms. The van der Waals surface area contributed by atoms with Gasteiger partial charge < -0.3 is 0 Å². The first-order valence-electron chi connectivity index (χ1n) is 10.6. The Balaban J connectivity index is 1.86. The van der Waals surface area contributed by atoms with Gasteiger partial charge in [0.25, 0.3) is 5.91 Å². The highest BCUT2D eigenvalue weighted by Gasteiger charge is 2.42. The molecule has 1 aromatic carbocycles. The summed E-state index contributed by atoms with van der Waals surface area (Å²) in [4.78, 5) is 12.9. The number of nitrogens with zero attached hydrogens (tertiary/aromatic N) is 2. The van der Waals surface area contributed by atoms with Crippen LogP contribution in [0.3, 0.4) is 0 Å². The summed E-state index contributed by atoms with van der Waals surface area (Å²) in [6.45, 7) is 0. The molecule has 1 aromatic rings. The standard InChI is InChI=1S/C21H33FN3O2P/c1-24(19-12-5-3-6-13-19)28(27,25(2)20-14-7-4-8-15-20)23-21(26)17-10-9-11-18(22)16-17/h9-11,16,19-20H,3-8,12-15H2,1-2H3,(H,23,26,27). The molecule has 2 fully saturated rings. The molecule has 0 saturated heterocycles. The van der Waals surface area contributed by atoms with Crippen molar-refractivity contribution in [2.45, 2.75) is 76.3 Å². The summed E-state index contributed by atoms with van der Waals surface area (Å²) < 4.78 is 31.7. The van der Waals surface area contributed by atoms with Gasteiger partial charge in [0.2, 0.25) is 0 Å². The van der Waals surface area contributed by atoms with Crippen LogP contribution < -0.4 is 5.09 Å². The quantitative estimate of drug-likeness (QED) is 0.657. The van der Waals surface area contributed by atoms with Crippen molar-refractivity contribution in [1.29, 1.82) is 0 Å². The van der Waals surface area contributed by atoms with Crippen molar-refractivity contribution >= 4 is 13.5 Å². The van der Waals surface area contributed by atoms with Gasteiger partial charge in [-0.1, -0.05) is 44.6 Å². The minimum atomic E-state index is -3.33. The molecule has 156 valence electrons. The smallest absolute Gasteiger partial charge is 0.279 e. The van der Waals surface area contributed by atoms with Crippen LogP contribution in [-0.4, -0.2) is 41.4 Å². The molecule has 0 heterocycles. The van der Waals surface area contributed by atoms with Gasteiger partial charge in [-0.25, -0.2) is 13.7 Å². The summed E-state index contributed by atoms with van der Waals surface area (Å²) in [5, 5.41) is 2.83. The fourth-order valence-corrected chi connectivity index (χ4v) is 7.06. The second-order valence-corrected chi connectivity index (χ2v) is 10.8. The van der Waals surface area contributed by atoms with Crippen molar-refractivity contribution in [2.24, 2.45) is 0 Å². The van der Waals surface area contributed by atoms with Gasteiger partial charge >= 0.3 is 7.59 Å². The summed E-state index contributed by atoms with van der Waals surface area (Å²) >= 11 is 0. The fourth-order valence-electron chi connectivity index (χ4n) is 4.56. The lowest BCUT2D eigenvalue weighted by molar-refractivity contribution is 0.0970. The van der Waals surface area contributed by atoms with E-state index < -0.39 is 19.3 Å². The highest BCUT2D eigenvalue weighted by atomic mass is 31.2. The average molecular weight is 409 g/mol. The summed E-state index contributed by atoms with van der Waals surface area (Å²) in [5.41, 5.74) is 0.203. The Hall–Kier alpha value is -1.23. The molecule has 3 rings (SSSR count). The minimum Gasteiger partial charge on any atom is -0.279 e. The van der Waals surface area contributed by atoms with Crippen LogP contribution in [0.2, 0.25) is 0 Å². The second-order valence-electron chi connectivity index (χ2n) is 8.23. The SMILES string of the molecule is CN(C1CCCCC1)P(=O)(NC(=O)c1cccc(F)c1)N(C)C1CCCCC1. The Morgan fingerprint density at radius 3 is 1.93 bits per heavy atom. The minimum absolute atomic E-state index is 0.193. The first-order valence-corrected chi connectivity index (χ1v) is 12.2. The lowest BCUT2D eigenvalue weighted by Gasteiger charge is -2.44. The van der Waals surface area contributed by atoms with Gasteiger partial charge in [-0.3, -0.25) is 14.4 Å². The van der Waals surface area contributed by atoms with Crippen molar-refractivity contribution in [1.82, 2.24) is 14.4 Å². The summed E-state index contributed by atoms with van der Waals surface area (Å²) in [6.07, 6.45) is 10.9. The Morgan fingerprint density at radius 1 is 0.964 bits per heavy atom. The van der Waals surface area contributed by atoms with E-state index in [1.54, 1.807) is 6.07 Å². The average Bonchev–Trinajstić information content (AvgIpc) is 2.73. The first-order chi connectivity index (χ1) is 13.4. The van der Waals surface area contributed by atoms with Gasteiger partial charge in [-0.05, 0) is 58.0 Å². The largest absolute Gasteiger partial charge is 0.311 e. The summed E-state index contributed by atoms with van der Waals surface area (Å²) in [5.74, 6) is -0.947. The molecule has 0 radical (unpaired) electrons. The van der Waals surface area contributed by atoms with Gasteiger partial charge in [0.1, 0.15) is 5.82 Å². The lowest BCUT2D eigenvalue weighted by Crippen LogP contribution is -2.46. The van der Waals surface area contributed by atoms with Crippen LogP contribution in [0.4, 0.5) is 4.39 Å². The third kappa shape index (κ3) is 4.84. The molecule has 1 amide bonds. The topological polar surface area (TPSA) is 52.7 Å². The van der Waals surface area contributed by atoms with E-state index in [9.17, 15) is 13.8 Å². The molecular weight excluding hydrogens is 376 g/mol. The van der Waals surface area contributed by atoms with Crippen molar-refractivity contribution in [3.63, 3.8) is 0 Å². The molecule has 28 heavy (non-hydrogen) atoms. The number of carbonyl (C=O) groups excluding carboxylic acids is 1. The maximum absolute atomic E-state index is 14.3. The van der Waals surface area contributed by atoms with Crippen LogP contribution in [0.15, 0.2) is 24.3 Å². The molecule has 7 heteroatoms. The molecule has 1 N–H and O–H groups in total. The molecule has 0 unspecified atom stereocenters. The van der Waals surface area contributed by atoms with E-state index in [4.69, 9.17) is 0 Å². The van der Waals surface area contributed by atoms with Gasteiger partial charge in [-0.15, -0.1) is 0 Å². The summed E-state index contributed by atoms with van der Waals surface area (Å²) in [6, 6.07) is 5.95. The zero-order chi connectivity index (χ0) is 20.1. The molecule has 2 saturated carbocycles. The third-order valence-corrected chi connectivity index (χ3v) is 9.25. The molecule has 0 atom stereocenters. The van der Waals surface area contributed by atoms with E-state index in [2.05, 4.69) is 5.09 Å². The Bertz CT molecular complexity index is 689. The molecule has 0 aromatic heterocycles. The van der Waals surface area contributed by atoms with E-state index in [-0.39, 0.29) is 17.6 Å². The number of hydrogen-bond donors (Lipinski definition) is 1. The number of hydrogen-bond acceptors (Lipinski definition) is 2. The van der Waals surface area contributed by atoms with E-state index in [1.807, 2.05) is 23.4 Å². The van der Waals surface area contributed by atoms with Crippen LogP contribution in [0, 0.1) is 5.82 Å². The van der Waals surface area contributed by atoms with Crippen LogP contribution in [0.1, 0.15) is 74.6 Å². The predicted octanol–water partition coefficient (Wildman–Crippen LogP) is 5.19. The van der Waals surface area contributed by atoms with Gasteiger partial charge in [-0.2, -0.15) is 0 Å². The highest BCUT2D eigenvalue weighted by Crippen LogP contribution is 2.53. The van der Waals surface area contributed by atoms with Crippen LogP contribution in [0.5, 0.6) is 0 Å². The van der Waals surface area contributed by atoms with Crippen LogP contribution in [0.25, 0.3) is 0 Å². The number of nitrogens with one attached hydrogen (secondary N) is 1. The van der Waals surface area contributed by atoms with E-state index in [1.165, 1.54) is 31.0 Å². The zero-order valence-corrected chi connectivity index (χ0v) is 18.0. The Kier molecular flexibility index (Phi) is 7.30. The van der Waals surface area contributed by atoms with Crippen molar-refractivity contribution < 1.29 is 13.8 Å². The van der Waals surface area contributed by atoms with Crippen molar-refractivity contribution in [3.05, 3.63) is 35.6 Å². The zero-order valence-electron chi connectivity index (χ0n) is 17.1. The Labute approximate surface area is 168 Å². The lowest BCUT2D eigenvalue weighted by atomic mass is 9.96. The number of halogens is 1. The molecular formula is C21H33FN3O2P. The van der Waals surface area contributed by atoms with Crippen LogP contribution >= 0.6 is 7.59 Å². The number of benzene rings is 1. The van der Waals surface area contributed by atoms with Gasteiger partial charge in [0.05, 0.1) is 0 Å². The molecule has 0 aliphatic heterocycles. The number of amides is 1. The molecule has 2 aliphatic carbocycles. The van der Waals surface area contributed by atoms with Gasteiger partial charge in [0, 0.05) is 17.6 Å². The Morgan fingerprint density at radius 2 is 1.46 bits per heavy atom. The number of carbonyl (C=O) groups is 1.